The van der Waals surface area contributed by atoms with Gasteiger partial charge in [-0.15, -0.1) is 0 Å². The van der Waals surface area contributed by atoms with Gasteiger partial charge in [0.25, 0.3) is 5.91 Å². The van der Waals surface area contributed by atoms with Crippen molar-refractivity contribution in [2.24, 2.45) is 23.7 Å². The number of thiocarbonyl (C=S) groups is 1. The molecule has 0 aliphatic heterocycles. The Morgan fingerprint density at radius 1 is 1.08 bits per heavy atom. The Morgan fingerprint density at radius 2 is 1.73 bits per heavy atom. The smallest absolute Gasteiger partial charge is 0.264 e. The van der Waals surface area contributed by atoms with Gasteiger partial charge in [-0.2, -0.15) is 0 Å². The summed E-state index contributed by atoms with van der Waals surface area (Å²) in [5.74, 6) is 3.84. The van der Waals surface area contributed by atoms with Gasteiger partial charge in [0.1, 0.15) is 5.75 Å². The van der Waals surface area contributed by atoms with E-state index in [4.69, 9.17) is 17.0 Å². The van der Waals surface area contributed by atoms with E-state index >= 15 is 0 Å². The molecule has 0 unspecified atom stereocenters. The van der Waals surface area contributed by atoms with Crippen molar-refractivity contribution in [1.82, 2.24) is 10.6 Å². The average molecular weight is 373 g/mol. The van der Waals surface area contributed by atoms with Crippen molar-refractivity contribution in [2.45, 2.75) is 52.0 Å². The lowest BCUT2D eigenvalue weighted by Gasteiger charge is -2.54. The summed E-state index contributed by atoms with van der Waals surface area (Å²) in [5.41, 5.74) is 2.37. The van der Waals surface area contributed by atoms with Gasteiger partial charge >= 0.3 is 0 Å². The molecule has 4 saturated carbocycles. The van der Waals surface area contributed by atoms with Crippen molar-refractivity contribution in [3.8, 4) is 5.75 Å². The van der Waals surface area contributed by atoms with Crippen LogP contribution in [0.2, 0.25) is 0 Å². The number of hydrogen-bond acceptors (Lipinski definition) is 3. The SMILES string of the molecule is Cc1ccc(OCC(=O)NC(=S)NC2C3CC4CC(C3)CC2C4)cc1C. The van der Waals surface area contributed by atoms with Crippen LogP contribution in [0.4, 0.5) is 0 Å². The highest BCUT2D eigenvalue weighted by atomic mass is 32.1. The molecule has 26 heavy (non-hydrogen) atoms. The topological polar surface area (TPSA) is 50.4 Å². The van der Waals surface area contributed by atoms with Gasteiger partial charge in [0, 0.05) is 6.04 Å². The van der Waals surface area contributed by atoms with Crippen molar-refractivity contribution in [3.63, 3.8) is 0 Å². The number of carbonyl (C=O) groups excluding carboxylic acids is 1. The number of aryl methyl sites for hydroxylation is 2. The Morgan fingerprint density at radius 3 is 2.35 bits per heavy atom. The summed E-state index contributed by atoms with van der Waals surface area (Å²) in [5, 5.41) is 6.70. The van der Waals surface area contributed by atoms with E-state index in [-0.39, 0.29) is 12.5 Å². The van der Waals surface area contributed by atoms with E-state index in [1.54, 1.807) is 0 Å². The second-order valence-corrected chi connectivity index (χ2v) is 8.92. The zero-order chi connectivity index (χ0) is 18.3. The number of benzene rings is 1. The molecule has 5 heteroatoms. The lowest BCUT2D eigenvalue weighted by molar-refractivity contribution is -0.121. The average Bonchev–Trinajstić information content (AvgIpc) is 2.58. The minimum absolute atomic E-state index is 0.0218. The van der Waals surface area contributed by atoms with Crippen molar-refractivity contribution in [2.75, 3.05) is 6.61 Å². The lowest BCUT2D eigenvalue weighted by Crippen LogP contribution is -2.58. The lowest BCUT2D eigenvalue weighted by atomic mass is 9.54. The van der Waals surface area contributed by atoms with Gasteiger partial charge in [-0.25, -0.2) is 0 Å². The summed E-state index contributed by atoms with van der Waals surface area (Å²) < 4.78 is 5.59. The number of ether oxygens (including phenoxy) is 1. The van der Waals surface area contributed by atoms with E-state index in [1.807, 2.05) is 25.1 Å². The van der Waals surface area contributed by atoms with Crippen LogP contribution < -0.4 is 15.4 Å². The Hall–Kier alpha value is -1.62. The summed E-state index contributed by atoms with van der Waals surface area (Å²) in [6, 6.07) is 6.28. The molecule has 2 N–H and O–H groups in total. The maximum absolute atomic E-state index is 12.2. The maximum atomic E-state index is 12.2. The third kappa shape index (κ3) is 3.73. The summed E-state index contributed by atoms with van der Waals surface area (Å²) in [6.07, 6.45) is 6.76. The van der Waals surface area contributed by atoms with E-state index in [0.29, 0.717) is 16.9 Å². The molecule has 5 rings (SSSR count). The summed E-state index contributed by atoms with van der Waals surface area (Å²) >= 11 is 5.40. The molecule has 0 radical (unpaired) electrons. The number of rotatable bonds is 4. The molecule has 4 aliphatic carbocycles. The highest BCUT2D eigenvalue weighted by Gasteiger charge is 2.48. The van der Waals surface area contributed by atoms with Crippen LogP contribution in [0.15, 0.2) is 18.2 Å². The maximum Gasteiger partial charge on any atom is 0.264 e. The van der Waals surface area contributed by atoms with E-state index in [0.717, 1.165) is 29.2 Å². The third-order valence-electron chi connectivity index (χ3n) is 6.63. The number of amides is 1. The monoisotopic (exact) mass is 372 g/mol. The van der Waals surface area contributed by atoms with Crippen LogP contribution in [0.1, 0.15) is 43.2 Å². The minimum Gasteiger partial charge on any atom is -0.484 e. The van der Waals surface area contributed by atoms with Crippen LogP contribution in [0.5, 0.6) is 5.75 Å². The van der Waals surface area contributed by atoms with Gasteiger partial charge in [0.15, 0.2) is 11.7 Å². The fourth-order valence-electron chi connectivity index (χ4n) is 5.46. The van der Waals surface area contributed by atoms with Crippen LogP contribution >= 0.6 is 12.2 Å². The van der Waals surface area contributed by atoms with Crippen LogP contribution in [0.3, 0.4) is 0 Å². The van der Waals surface area contributed by atoms with Gasteiger partial charge < -0.3 is 15.4 Å². The molecule has 0 atom stereocenters. The molecule has 1 aromatic carbocycles. The zero-order valence-electron chi connectivity index (χ0n) is 15.6. The highest BCUT2D eigenvalue weighted by Crippen LogP contribution is 2.53. The number of carbonyl (C=O) groups is 1. The Labute approximate surface area is 161 Å². The van der Waals surface area contributed by atoms with Crippen LogP contribution in [-0.4, -0.2) is 23.7 Å². The number of nitrogens with one attached hydrogen (secondary N) is 2. The second-order valence-electron chi connectivity index (χ2n) is 8.51. The Bertz CT molecular complexity index is 690. The fourth-order valence-corrected chi connectivity index (χ4v) is 5.71. The molecule has 140 valence electrons. The molecular formula is C21H28N2O2S. The normalized spacial score (nSPS) is 31.5. The molecule has 0 saturated heterocycles. The van der Waals surface area contributed by atoms with Crippen LogP contribution in [0, 0.1) is 37.5 Å². The molecule has 4 aliphatic rings. The third-order valence-corrected chi connectivity index (χ3v) is 6.85. The molecule has 0 spiro atoms. The minimum atomic E-state index is -0.204. The first kappa shape index (κ1) is 17.8. The van der Waals surface area contributed by atoms with Crippen LogP contribution in [-0.2, 0) is 4.79 Å². The van der Waals surface area contributed by atoms with E-state index in [9.17, 15) is 4.79 Å². The fraction of sp³-hybridized carbons (Fsp3) is 0.619. The van der Waals surface area contributed by atoms with Gasteiger partial charge in [0.05, 0.1) is 0 Å². The summed E-state index contributed by atoms with van der Waals surface area (Å²) in [6.45, 7) is 4.07. The van der Waals surface area contributed by atoms with Gasteiger partial charge in [-0.1, -0.05) is 6.07 Å². The molecule has 0 heterocycles. The first-order valence-electron chi connectivity index (χ1n) is 9.78. The molecule has 4 fully saturated rings. The van der Waals surface area contributed by atoms with Crippen molar-refractivity contribution < 1.29 is 9.53 Å². The van der Waals surface area contributed by atoms with Gasteiger partial charge in [-0.05, 0) is 105 Å². The van der Waals surface area contributed by atoms with E-state index in [2.05, 4.69) is 17.6 Å². The Balaban J connectivity index is 1.25. The first-order chi connectivity index (χ1) is 12.5. The largest absolute Gasteiger partial charge is 0.484 e. The predicted octanol–water partition coefficient (Wildman–Crippen LogP) is 3.50. The van der Waals surface area contributed by atoms with Crippen molar-refractivity contribution >= 4 is 23.2 Å². The molecular weight excluding hydrogens is 344 g/mol. The highest BCUT2D eigenvalue weighted by molar-refractivity contribution is 7.80. The summed E-state index contributed by atoms with van der Waals surface area (Å²) in [7, 11) is 0. The van der Waals surface area contributed by atoms with Crippen LogP contribution in [0.25, 0.3) is 0 Å². The summed E-state index contributed by atoms with van der Waals surface area (Å²) in [4.78, 5) is 12.2. The second kappa shape index (κ2) is 7.18. The first-order valence-corrected chi connectivity index (χ1v) is 10.2. The van der Waals surface area contributed by atoms with Crippen molar-refractivity contribution in [1.29, 1.82) is 0 Å². The predicted molar refractivity (Wildman–Crippen MR) is 106 cm³/mol. The molecule has 4 bridgehead atoms. The molecule has 1 aromatic rings. The molecule has 0 aromatic heterocycles. The Kier molecular flexibility index (Phi) is 4.91. The van der Waals surface area contributed by atoms with E-state index < -0.39 is 0 Å². The molecule has 4 nitrogen and oxygen atoms in total. The van der Waals surface area contributed by atoms with Gasteiger partial charge in [-0.3, -0.25) is 4.79 Å². The number of hydrogen-bond donors (Lipinski definition) is 2. The van der Waals surface area contributed by atoms with Crippen molar-refractivity contribution in [3.05, 3.63) is 29.3 Å². The van der Waals surface area contributed by atoms with E-state index in [1.165, 1.54) is 37.7 Å². The standard InChI is InChI=1S/C21H28N2O2S/c1-12-3-4-18(5-13(12)2)25-11-19(24)22-21(26)23-20-16-7-14-6-15(9-16)10-17(20)8-14/h3-5,14-17,20H,6-11H2,1-2H3,(H2,22,23,24,26). The quantitative estimate of drug-likeness (QED) is 0.795. The van der Waals surface area contributed by atoms with Gasteiger partial charge in [0.2, 0.25) is 0 Å². The molecule has 1 amide bonds. The zero-order valence-corrected chi connectivity index (χ0v) is 16.4.